The predicted octanol–water partition coefficient (Wildman–Crippen LogP) is 1.29. The zero-order valence-corrected chi connectivity index (χ0v) is 9.45. The lowest BCUT2D eigenvalue weighted by Gasteiger charge is -2.05. The molecule has 7 heteroatoms. The second-order valence-corrected chi connectivity index (χ2v) is 4.98. The minimum Gasteiger partial charge on any atom is -0.364 e. The molecule has 0 unspecified atom stereocenters. The molecule has 0 aliphatic heterocycles. The van der Waals surface area contributed by atoms with Gasteiger partial charge in [-0.25, -0.2) is 17.5 Å². The number of benzene rings is 1. The van der Waals surface area contributed by atoms with Crippen LogP contribution in [0.4, 0.5) is 4.39 Å². The van der Waals surface area contributed by atoms with Crippen LogP contribution in [0, 0.1) is 5.82 Å². The predicted molar refractivity (Wildman–Crippen MR) is 56.9 cm³/mol. The van der Waals surface area contributed by atoms with Gasteiger partial charge in [0.05, 0.1) is 12.2 Å². The van der Waals surface area contributed by atoms with E-state index in [1.807, 2.05) is 0 Å². The molecule has 0 bridgehead atoms. The highest BCUT2D eigenvalue weighted by Gasteiger charge is 2.18. The summed E-state index contributed by atoms with van der Waals surface area (Å²) in [5, 5.41) is 3.54. The maximum Gasteiger partial charge on any atom is 0.243 e. The van der Waals surface area contributed by atoms with Crippen LogP contribution in [-0.2, 0) is 16.6 Å². The Labute approximate surface area is 97.3 Å². The van der Waals surface area contributed by atoms with Crippen molar-refractivity contribution in [2.45, 2.75) is 11.4 Å². The zero-order valence-electron chi connectivity index (χ0n) is 8.63. The maximum atomic E-state index is 13.3. The quantitative estimate of drug-likeness (QED) is 0.894. The van der Waals surface area contributed by atoms with Gasteiger partial charge in [0.1, 0.15) is 17.0 Å². The third kappa shape index (κ3) is 2.69. The molecule has 1 aromatic heterocycles. The van der Waals surface area contributed by atoms with Crippen LogP contribution in [0.3, 0.4) is 0 Å². The highest BCUT2D eigenvalue weighted by atomic mass is 32.2. The molecule has 2 aromatic rings. The number of hydrogen-bond acceptors (Lipinski definition) is 4. The summed E-state index contributed by atoms with van der Waals surface area (Å²) in [6, 6.07) is 6.68. The minimum atomic E-state index is -3.87. The van der Waals surface area contributed by atoms with Gasteiger partial charge in [0.15, 0.2) is 0 Å². The molecule has 17 heavy (non-hydrogen) atoms. The Morgan fingerprint density at radius 3 is 2.71 bits per heavy atom. The summed E-state index contributed by atoms with van der Waals surface area (Å²) in [6.45, 7) is -0.0484. The van der Waals surface area contributed by atoms with E-state index in [0.29, 0.717) is 5.69 Å². The standard InChI is InChI=1S/C10H9FN2O3S/c11-9-3-1-2-4-10(9)17(14,15)12-7-8-5-6-16-13-8/h1-6,12H,7H2. The molecule has 2 rings (SSSR count). The van der Waals surface area contributed by atoms with E-state index in [0.717, 1.165) is 6.07 Å². The highest BCUT2D eigenvalue weighted by Crippen LogP contribution is 2.13. The first-order valence-corrected chi connectivity index (χ1v) is 6.21. The van der Waals surface area contributed by atoms with E-state index in [1.165, 1.54) is 30.5 Å². The molecule has 0 saturated heterocycles. The molecular weight excluding hydrogens is 247 g/mol. The lowest BCUT2D eigenvalue weighted by atomic mass is 10.4. The van der Waals surface area contributed by atoms with Gasteiger partial charge < -0.3 is 4.52 Å². The van der Waals surface area contributed by atoms with Gasteiger partial charge in [-0.1, -0.05) is 17.3 Å². The fourth-order valence-corrected chi connectivity index (χ4v) is 2.31. The third-order valence-electron chi connectivity index (χ3n) is 2.06. The van der Waals surface area contributed by atoms with Crippen molar-refractivity contribution in [1.29, 1.82) is 0 Å². The largest absolute Gasteiger partial charge is 0.364 e. The Kier molecular flexibility index (Phi) is 3.21. The van der Waals surface area contributed by atoms with Gasteiger partial charge >= 0.3 is 0 Å². The average Bonchev–Trinajstić information content (AvgIpc) is 2.80. The highest BCUT2D eigenvalue weighted by molar-refractivity contribution is 7.89. The molecule has 0 fully saturated rings. The van der Waals surface area contributed by atoms with E-state index in [1.54, 1.807) is 0 Å². The fraction of sp³-hybridized carbons (Fsp3) is 0.100. The molecule has 0 amide bonds. The van der Waals surface area contributed by atoms with Crippen molar-refractivity contribution in [2.75, 3.05) is 0 Å². The molecule has 0 saturated carbocycles. The molecule has 0 atom stereocenters. The lowest BCUT2D eigenvalue weighted by molar-refractivity contribution is 0.411. The van der Waals surface area contributed by atoms with Gasteiger partial charge in [-0.3, -0.25) is 0 Å². The number of rotatable bonds is 4. The number of aromatic nitrogens is 1. The van der Waals surface area contributed by atoms with E-state index in [9.17, 15) is 12.8 Å². The zero-order chi connectivity index (χ0) is 12.3. The Hall–Kier alpha value is -1.73. The average molecular weight is 256 g/mol. The van der Waals surface area contributed by atoms with E-state index in [4.69, 9.17) is 0 Å². The molecule has 0 aliphatic carbocycles. The van der Waals surface area contributed by atoms with Crippen molar-refractivity contribution in [3.05, 3.63) is 48.1 Å². The van der Waals surface area contributed by atoms with Crippen LogP contribution in [0.5, 0.6) is 0 Å². The summed E-state index contributed by atoms with van der Waals surface area (Å²) in [5.74, 6) is -0.792. The molecule has 1 aromatic carbocycles. The molecule has 0 spiro atoms. The van der Waals surface area contributed by atoms with Crippen molar-refractivity contribution in [2.24, 2.45) is 0 Å². The van der Waals surface area contributed by atoms with E-state index >= 15 is 0 Å². The fourth-order valence-electron chi connectivity index (χ4n) is 1.24. The number of nitrogens with zero attached hydrogens (tertiary/aromatic N) is 1. The van der Waals surface area contributed by atoms with Crippen LogP contribution in [0.15, 0.2) is 46.0 Å². The van der Waals surface area contributed by atoms with Crippen LogP contribution in [0.1, 0.15) is 5.69 Å². The molecule has 90 valence electrons. The van der Waals surface area contributed by atoms with E-state index in [2.05, 4.69) is 14.4 Å². The van der Waals surface area contributed by atoms with Crippen LogP contribution < -0.4 is 4.72 Å². The summed E-state index contributed by atoms with van der Waals surface area (Å²) in [5.41, 5.74) is 0.421. The van der Waals surface area contributed by atoms with Crippen molar-refractivity contribution in [3.63, 3.8) is 0 Å². The smallest absolute Gasteiger partial charge is 0.243 e. The first kappa shape index (κ1) is 11.7. The Morgan fingerprint density at radius 2 is 2.06 bits per heavy atom. The summed E-state index contributed by atoms with van der Waals surface area (Å²) in [7, 11) is -3.87. The van der Waals surface area contributed by atoms with Crippen LogP contribution >= 0.6 is 0 Å². The van der Waals surface area contributed by atoms with Gasteiger partial charge in [-0.05, 0) is 12.1 Å². The Morgan fingerprint density at radius 1 is 1.29 bits per heavy atom. The summed E-state index contributed by atoms with van der Waals surface area (Å²) < 4.78 is 43.6. The number of halogens is 1. The maximum absolute atomic E-state index is 13.3. The van der Waals surface area contributed by atoms with Crippen LogP contribution in [0.25, 0.3) is 0 Å². The third-order valence-corrected chi connectivity index (χ3v) is 3.50. The number of hydrogen-bond donors (Lipinski definition) is 1. The second-order valence-electron chi connectivity index (χ2n) is 3.25. The first-order valence-electron chi connectivity index (χ1n) is 4.73. The summed E-state index contributed by atoms with van der Waals surface area (Å²) in [4.78, 5) is -0.386. The van der Waals surface area contributed by atoms with Gasteiger partial charge in [0, 0.05) is 6.07 Å². The van der Waals surface area contributed by atoms with Crippen molar-refractivity contribution >= 4 is 10.0 Å². The molecule has 1 heterocycles. The van der Waals surface area contributed by atoms with Crippen LogP contribution in [-0.4, -0.2) is 13.6 Å². The molecule has 5 nitrogen and oxygen atoms in total. The van der Waals surface area contributed by atoms with Crippen LogP contribution in [0.2, 0.25) is 0 Å². The molecule has 1 N–H and O–H groups in total. The Balaban J connectivity index is 2.17. The van der Waals surface area contributed by atoms with Gasteiger partial charge in [-0.15, -0.1) is 0 Å². The molecule has 0 radical (unpaired) electrons. The summed E-state index contributed by atoms with van der Waals surface area (Å²) >= 11 is 0. The SMILES string of the molecule is O=S(=O)(NCc1ccon1)c1ccccc1F. The van der Waals surface area contributed by atoms with E-state index in [-0.39, 0.29) is 11.4 Å². The first-order chi connectivity index (χ1) is 8.09. The van der Waals surface area contributed by atoms with Crippen molar-refractivity contribution in [3.8, 4) is 0 Å². The topological polar surface area (TPSA) is 72.2 Å². The van der Waals surface area contributed by atoms with Crippen molar-refractivity contribution in [1.82, 2.24) is 9.88 Å². The second kappa shape index (κ2) is 4.64. The normalized spacial score (nSPS) is 11.6. The molecular formula is C10H9FN2O3S. The number of nitrogens with one attached hydrogen (secondary N) is 1. The van der Waals surface area contributed by atoms with Crippen molar-refractivity contribution < 1.29 is 17.3 Å². The summed E-state index contributed by atoms with van der Waals surface area (Å²) in [6.07, 6.45) is 1.33. The monoisotopic (exact) mass is 256 g/mol. The Bertz CT molecular complexity index is 596. The van der Waals surface area contributed by atoms with E-state index < -0.39 is 15.8 Å². The van der Waals surface area contributed by atoms with Gasteiger partial charge in [-0.2, -0.15) is 0 Å². The van der Waals surface area contributed by atoms with Gasteiger partial charge in [0.2, 0.25) is 10.0 Å². The lowest BCUT2D eigenvalue weighted by Crippen LogP contribution is -2.24. The number of sulfonamides is 1. The minimum absolute atomic E-state index is 0.0484. The van der Waals surface area contributed by atoms with Gasteiger partial charge in [0.25, 0.3) is 0 Å². The molecule has 0 aliphatic rings.